The summed E-state index contributed by atoms with van der Waals surface area (Å²) in [5, 5.41) is 2.78. The zero-order chi connectivity index (χ0) is 13.8. The molecule has 4 heteroatoms. The first-order valence-electron chi connectivity index (χ1n) is 6.25. The van der Waals surface area contributed by atoms with E-state index in [1.54, 1.807) is 24.3 Å². The number of carbonyl (C=O) groups is 1. The Morgan fingerprint density at radius 2 is 1.85 bits per heavy atom. The summed E-state index contributed by atoms with van der Waals surface area (Å²) in [5.41, 5.74) is 1.66. The fourth-order valence-corrected chi connectivity index (χ4v) is 1.89. The van der Waals surface area contributed by atoms with Crippen LogP contribution in [0.5, 0.6) is 11.5 Å². The van der Waals surface area contributed by atoms with E-state index in [-0.39, 0.29) is 12.7 Å². The third-order valence-corrected chi connectivity index (χ3v) is 2.87. The third-order valence-electron chi connectivity index (χ3n) is 2.87. The van der Waals surface area contributed by atoms with Crippen molar-refractivity contribution in [2.45, 2.75) is 0 Å². The van der Waals surface area contributed by atoms with Crippen LogP contribution in [0.25, 0.3) is 6.08 Å². The van der Waals surface area contributed by atoms with Gasteiger partial charge in [0.2, 0.25) is 12.7 Å². The number of anilines is 1. The summed E-state index contributed by atoms with van der Waals surface area (Å²) in [7, 11) is 0. The third kappa shape index (κ3) is 2.80. The van der Waals surface area contributed by atoms with Gasteiger partial charge in [0.05, 0.1) is 0 Å². The maximum absolute atomic E-state index is 11.8. The molecule has 0 spiro atoms. The van der Waals surface area contributed by atoms with Gasteiger partial charge in [-0.05, 0) is 23.8 Å². The van der Waals surface area contributed by atoms with Crippen molar-refractivity contribution < 1.29 is 14.3 Å². The van der Waals surface area contributed by atoms with Gasteiger partial charge in [-0.25, -0.2) is 0 Å². The van der Waals surface area contributed by atoms with E-state index < -0.39 is 0 Å². The molecule has 20 heavy (non-hydrogen) atoms. The van der Waals surface area contributed by atoms with E-state index in [4.69, 9.17) is 9.47 Å². The van der Waals surface area contributed by atoms with Gasteiger partial charge in [0.15, 0.2) is 11.5 Å². The maximum Gasteiger partial charge on any atom is 0.248 e. The normalized spacial score (nSPS) is 12.6. The summed E-state index contributed by atoms with van der Waals surface area (Å²) >= 11 is 0. The SMILES string of the molecule is O=C(/C=C/c1ccccc1)Nc1ccc2c(c1)OCO2. The Bertz CT molecular complexity index is 650. The lowest BCUT2D eigenvalue weighted by atomic mass is 10.2. The molecular formula is C16H13NO3. The van der Waals surface area contributed by atoms with Gasteiger partial charge in [-0.15, -0.1) is 0 Å². The summed E-state index contributed by atoms with van der Waals surface area (Å²) < 4.78 is 10.5. The molecule has 0 aliphatic carbocycles. The highest BCUT2D eigenvalue weighted by Gasteiger charge is 2.13. The molecule has 0 saturated heterocycles. The number of benzene rings is 2. The lowest BCUT2D eigenvalue weighted by molar-refractivity contribution is -0.111. The van der Waals surface area contributed by atoms with Crippen LogP contribution in [0, 0.1) is 0 Å². The number of ether oxygens (including phenoxy) is 2. The largest absolute Gasteiger partial charge is 0.454 e. The molecule has 0 bridgehead atoms. The molecule has 1 N–H and O–H groups in total. The van der Waals surface area contributed by atoms with Crippen molar-refractivity contribution in [2.75, 3.05) is 12.1 Å². The van der Waals surface area contributed by atoms with Crippen LogP contribution >= 0.6 is 0 Å². The molecule has 1 aliphatic rings. The van der Waals surface area contributed by atoms with Crippen molar-refractivity contribution in [3.63, 3.8) is 0 Å². The minimum Gasteiger partial charge on any atom is -0.454 e. The van der Waals surface area contributed by atoms with Crippen LogP contribution in [0.1, 0.15) is 5.56 Å². The number of carbonyl (C=O) groups excluding carboxylic acids is 1. The van der Waals surface area contributed by atoms with Crippen molar-refractivity contribution in [1.29, 1.82) is 0 Å². The number of nitrogens with one attached hydrogen (secondary N) is 1. The van der Waals surface area contributed by atoms with Gasteiger partial charge in [-0.2, -0.15) is 0 Å². The Hall–Kier alpha value is -2.75. The van der Waals surface area contributed by atoms with Crippen LogP contribution < -0.4 is 14.8 Å². The van der Waals surface area contributed by atoms with Gasteiger partial charge in [0, 0.05) is 17.8 Å². The van der Waals surface area contributed by atoms with E-state index in [9.17, 15) is 4.79 Å². The Morgan fingerprint density at radius 3 is 2.70 bits per heavy atom. The monoisotopic (exact) mass is 267 g/mol. The number of hydrogen-bond donors (Lipinski definition) is 1. The van der Waals surface area contributed by atoms with Crippen molar-refractivity contribution in [1.82, 2.24) is 0 Å². The molecule has 1 aliphatic heterocycles. The van der Waals surface area contributed by atoms with Gasteiger partial charge in [0.25, 0.3) is 0 Å². The summed E-state index contributed by atoms with van der Waals surface area (Å²) in [5.74, 6) is 1.16. The molecule has 1 amide bonds. The molecule has 0 radical (unpaired) electrons. The molecule has 0 atom stereocenters. The molecule has 2 aromatic rings. The van der Waals surface area contributed by atoms with Crippen molar-refractivity contribution >= 4 is 17.7 Å². The summed E-state index contributed by atoms with van der Waals surface area (Å²) in [6.07, 6.45) is 3.27. The topological polar surface area (TPSA) is 47.6 Å². The molecule has 4 nitrogen and oxygen atoms in total. The Morgan fingerprint density at radius 1 is 1.05 bits per heavy atom. The second-order valence-corrected chi connectivity index (χ2v) is 4.30. The predicted molar refractivity (Wildman–Crippen MR) is 76.7 cm³/mol. The fourth-order valence-electron chi connectivity index (χ4n) is 1.89. The molecule has 1 heterocycles. The number of fused-ring (bicyclic) bond motifs is 1. The number of hydrogen-bond acceptors (Lipinski definition) is 3. The molecule has 100 valence electrons. The van der Waals surface area contributed by atoms with Crippen LogP contribution in [0.15, 0.2) is 54.6 Å². The van der Waals surface area contributed by atoms with Gasteiger partial charge in [0.1, 0.15) is 0 Å². The maximum atomic E-state index is 11.8. The fraction of sp³-hybridized carbons (Fsp3) is 0.0625. The lowest BCUT2D eigenvalue weighted by Crippen LogP contribution is -2.07. The van der Waals surface area contributed by atoms with Crippen LogP contribution in [-0.4, -0.2) is 12.7 Å². The second-order valence-electron chi connectivity index (χ2n) is 4.30. The molecule has 0 saturated carbocycles. The van der Waals surface area contributed by atoms with Crippen molar-refractivity contribution in [3.05, 3.63) is 60.2 Å². The van der Waals surface area contributed by atoms with E-state index >= 15 is 0 Å². The summed E-state index contributed by atoms with van der Waals surface area (Å²) in [6, 6.07) is 15.0. The molecule has 2 aromatic carbocycles. The molecule has 0 aromatic heterocycles. The zero-order valence-electron chi connectivity index (χ0n) is 10.7. The van der Waals surface area contributed by atoms with E-state index in [0.29, 0.717) is 17.2 Å². The zero-order valence-corrected chi connectivity index (χ0v) is 10.7. The highest BCUT2D eigenvalue weighted by atomic mass is 16.7. The lowest BCUT2D eigenvalue weighted by Gasteiger charge is -2.03. The molecule has 3 rings (SSSR count). The highest BCUT2D eigenvalue weighted by molar-refractivity contribution is 6.02. The van der Waals surface area contributed by atoms with Gasteiger partial charge >= 0.3 is 0 Å². The summed E-state index contributed by atoms with van der Waals surface area (Å²) in [6.45, 7) is 0.223. The smallest absolute Gasteiger partial charge is 0.248 e. The Balaban J connectivity index is 1.66. The molecule has 0 unspecified atom stereocenters. The van der Waals surface area contributed by atoms with Crippen LogP contribution in [0.3, 0.4) is 0 Å². The number of rotatable bonds is 3. The van der Waals surface area contributed by atoms with Gasteiger partial charge in [-0.3, -0.25) is 4.79 Å². The van der Waals surface area contributed by atoms with Gasteiger partial charge < -0.3 is 14.8 Å². The first kappa shape index (κ1) is 12.3. The van der Waals surface area contributed by atoms with Crippen molar-refractivity contribution in [2.24, 2.45) is 0 Å². The standard InChI is InChI=1S/C16H13NO3/c18-16(9-6-12-4-2-1-3-5-12)17-13-7-8-14-15(10-13)20-11-19-14/h1-10H,11H2,(H,17,18)/b9-6+. The van der Waals surface area contributed by atoms with E-state index in [2.05, 4.69) is 5.32 Å². The Labute approximate surface area is 116 Å². The molecular weight excluding hydrogens is 254 g/mol. The summed E-state index contributed by atoms with van der Waals surface area (Å²) in [4.78, 5) is 11.8. The van der Waals surface area contributed by atoms with E-state index in [0.717, 1.165) is 5.56 Å². The minimum atomic E-state index is -0.187. The molecule has 0 fully saturated rings. The van der Waals surface area contributed by atoms with E-state index in [1.165, 1.54) is 6.08 Å². The number of amides is 1. The average molecular weight is 267 g/mol. The van der Waals surface area contributed by atoms with Crippen molar-refractivity contribution in [3.8, 4) is 11.5 Å². The van der Waals surface area contributed by atoms with Crippen LogP contribution in [0.2, 0.25) is 0 Å². The first-order chi connectivity index (χ1) is 9.81. The van der Waals surface area contributed by atoms with Crippen LogP contribution in [0.4, 0.5) is 5.69 Å². The Kier molecular flexibility index (Phi) is 3.37. The van der Waals surface area contributed by atoms with Crippen LogP contribution in [-0.2, 0) is 4.79 Å². The van der Waals surface area contributed by atoms with Gasteiger partial charge in [-0.1, -0.05) is 30.3 Å². The highest BCUT2D eigenvalue weighted by Crippen LogP contribution is 2.34. The predicted octanol–water partition coefficient (Wildman–Crippen LogP) is 3.07. The second kappa shape index (κ2) is 5.48. The first-order valence-corrected chi connectivity index (χ1v) is 6.25. The average Bonchev–Trinajstić information content (AvgIpc) is 2.94. The minimum absolute atomic E-state index is 0.187. The van der Waals surface area contributed by atoms with E-state index in [1.807, 2.05) is 30.3 Å². The quantitative estimate of drug-likeness (QED) is 0.869.